The molecule has 5 heteroatoms. The Labute approximate surface area is 85.5 Å². The molecule has 1 fully saturated rings. The van der Waals surface area contributed by atoms with Gasteiger partial charge in [0.05, 0.1) is 5.69 Å². The van der Waals surface area contributed by atoms with Crippen LogP contribution in [0.15, 0.2) is 16.7 Å². The number of anilines is 1. The summed E-state index contributed by atoms with van der Waals surface area (Å²) in [6.07, 6.45) is 4.60. The van der Waals surface area contributed by atoms with Gasteiger partial charge >= 0.3 is 0 Å². The molecule has 2 heterocycles. The average Bonchev–Trinajstić information content (AvgIpc) is 2.96. The summed E-state index contributed by atoms with van der Waals surface area (Å²) in [7, 11) is 0. The predicted molar refractivity (Wildman–Crippen MR) is 53.8 cm³/mol. The summed E-state index contributed by atoms with van der Waals surface area (Å²) in [4.78, 5) is 18.5. The second-order valence-corrected chi connectivity index (χ2v) is 3.60. The van der Waals surface area contributed by atoms with Gasteiger partial charge in [0.2, 0.25) is 11.9 Å². The Morgan fingerprint density at radius 1 is 1.53 bits per heavy atom. The summed E-state index contributed by atoms with van der Waals surface area (Å²) in [5, 5.41) is 3.31. The third kappa shape index (κ3) is 1.45. The zero-order valence-electron chi connectivity index (χ0n) is 7.93. The molecule has 76 valence electrons. The van der Waals surface area contributed by atoms with Crippen LogP contribution in [0.1, 0.15) is 23.5 Å². The van der Waals surface area contributed by atoms with E-state index in [0.29, 0.717) is 23.6 Å². The first-order chi connectivity index (χ1) is 7.36. The van der Waals surface area contributed by atoms with E-state index in [1.54, 1.807) is 6.20 Å². The monoisotopic (exact) mass is 203 g/mol. The molecular weight excluding hydrogens is 194 g/mol. The second-order valence-electron chi connectivity index (χ2n) is 3.60. The predicted octanol–water partition coefficient (Wildman–Crippen LogP) is 1.61. The first-order valence-electron chi connectivity index (χ1n) is 4.84. The molecule has 0 radical (unpaired) electrons. The van der Waals surface area contributed by atoms with Crippen LogP contribution < -0.4 is 5.32 Å². The Hall–Kier alpha value is -1.91. The fraction of sp³-hybridized carbons (Fsp3) is 0.300. The standard InChI is InChI=1S/C10H9N3O2/c14-5-8-13-10-9(15-8)7(3-4-11-10)12-6-1-2-6/h3-6H,1-2H2,(H,11,12). The smallest absolute Gasteiger partial charge is 0.262 e. The number of oxazole rings is 1. The highest BCUT2D eigenvalue weighted by atomic mass is 16.4. The highest BCUT2D eigenvalue weighted by Gasteiger charge is 2.22. The van der Waals surface area contributed by atoms with Crippen molar-refractivity contribution in [3.63, 3.8) is 0 Å². The second kappa shape index (κ2) is 3.05. The molecule has 3 rings (SSSR count). The molecule has 2 aromatic rings. The van der Waals surface area contributed by atoms with Crippen molar-refractivity contribution in [1.82, 2.24) is 9.97 Å². The number of nitrogens with zero attached hydrogens (tertiary/aromatic N) is 2. The van der Waals surface area contributed by atoms with Crippen molar-refractivity contribution in [2.75, 3.05) is 5.32 Å². The van der Waals surface area contributed by atoms with Crippen molar-refractivity contribution in [2.24, 2.45) is 0 Å². The minimum atomic E-state index is 0.0718. The summed E-state index contributed by atoms with van der Waals surface area (Å²) in [5.74, 6) is 0.0718. The number of hydrogen-bond donors (Lipinski definition) is 1. The van der Waals surface area contributed by atoms with E-state index in [0.717, 1.165) is 5.69 Å². The van der Waals surface area contributed by atoms with E-state index < -0.39 is 0 Å². The van der Waals surface area contributed by atoms with Crippen LogP contribution in [0.5, 0.6) is 0 Å². The highest BCUT2D eigenvalue weighted by molar-refractivity contribution is 5.86. The molecule has 1 aliphatic carbocycles. The molecular formula is C10H9N3O2. The molecule has 1 N–H and O–H groups in total. The quantitative estimate of drug-likeness (QED) is 0.767. The van der Waals surface area contributed by atoms with Crippen LogP contribution in [0.3, 0.4) is 0 Å². The number of fused-ring (bicyclic) bond motifs is 1. The lowest BCUT2D eigenvalue weighted by Crippen LogP contribution is -2.00. The summed E-state index contributed by atoms with van der Waals surface area (Å²) < 4.78 is 5.27. The Bertz CT molecular complexity index is 516. The number of pyridine rings is 1. The van der Waals surface area contributed by atoms with Crippen LogP contribution in [0.4, 0.5) is 5.69 Å². The van der Waals surface area contributed by atoms with Gasteiger partial charge in [-0.05, 0) is 18.9 Å². The van der Waals surface area contributed by atoms with Gasteiger partial charge in [-0.3, -0.25) is 4.79 Å². The molecule has 0 atom stereocenters. The van der Waals surface area contributed by atoms with Crippen LogP contribution >= 0.6 is 0 Å². The maximum atomic E-state index is 10.5. The number of carbonyl (C=O) groups is 1. The summed E-state index contributed by atoms with van der Waals surface area (Å²) in [6, 6.07) is 2.36. The van der Waals surface area contributed by atoms with Gasteiger partial charge in [-0.15, -0.1) is 0 Å². The fourth-order valence-corrected chi connectivity index (χ4v) is 1.46. The molecule has 0 amide bonds. The molecule has 1 aliphatic rings. The van der Waals surface area contributed by atoms with Gasteiger partial charge in [0.15, 0.2) is 5.58 Å². The van der Waals surface area contributed by atoms with E-state index in [2.05, 4.69) is 15.3 Å². The minimum absolute atomic E-state index is 0.0718. The number of nitrogens with one attached hydrogen (secondary N) is 1. The lowest BCUT2D eigenvalue weighted by Gasteiger charge is -2.02. The van der Waals surface area contributed by atoms with Gasteiger partial charge in [-0.1, -0.05) is 0 Å². The van der Waals surface area contributed by atoms with Crippen LogP contribution in [0.25, 0.3) is 11.2 Å². The average molecular weight is 203 g/mol. The Balaban J connectivity index is 2.10. The first-order valence-corrected chi connectivity index (χ1v) is 4.84. The van der Waals surface area contributed by atoms with Crippen molar-refractivity contribution in [3.8, 4) is 0 Å². The van der Waals surface area contributed by atoms with Crippen molar-refractivity contribution < 1.29 is 9.21 Å². The molecule has 0 spiro atoms. The normalized spacial score (nSPS) is 15.5. The number of rotatable bonds is 3. The molecule has 1 saturated carbocycles. The van der Waals surface area contributed by atoms with Gasteiger partial charge in [0.1, 0.15) is 0 Å². The lowest BCUT2D eigenvalue weighted by molar-refractivity contribution is 0.109. The SMILES string of the molecule is O=Cc1nc2nccc(NC3CC3)c2o1. The first kappa shape index (κ1) is 8.40. The molecule has 15 heavy (non-hydrogen) atoms. The molecule has 0 saturated heterocycles. The summed E-state index contributed by atoms with van der Waals surface area (Å²) in [5.41, 5.74) is 1.90. The Morgan fingerprint density at radius 3 is 3.13 bits per heavy atom. The number of aromatic nitrogens is 2. The summed E-state index contributed by atoms with van der Waals surface area (Å²) >= 11 is 0. The Morgan fingerprint density at radius 2 is 2.40 bits per heavy atom. The highest BCUT2D eigenvalue weighted by Crippen LogP contribution is 2.28. The van der Waals surface area contributed by atoms with Crippen molar-refractivity contribution in [1.29, 1.82) is 0 Å². The van der Waals surface area contributed by atoms with Crippen LogP contribution in [0.2, 0.25) is 0 Å². The largest absolute Gasteiger partial charge is 0.430 e. The third-order valence-corrected chi connectivity index (χ3v) is 2.35. The molecule has 0 unspecified atom stereocenters. The van der Waals surface area contributed by atoms with Gasteiger partial charge < -0.3 is 9.73 Å². The van der Waals surface area contributed by atoms with Gasteiger partial charge in [-0.2, -0.15) is 4.98 Å². The maximum absolute atomic E-state index is 10.5. The molecule has 5 nitrogen and oxygen atoms in total. The fourth-order valence-electron chi connectivity index (χ4n) is 1.46. The van der Waals surface area contributed by atoms with E-state index in [-0.39, 0.29) is 5.89 Å². The van der Waals surface area contributed by atoms with Gasteiger partial charge in [0, 0.05) is 12.2 Å². The zero-order valence-corrected chi connectivity index (χ0v) is 7.93. The number of aldehydes is 1. The van der Waals surface area contributed by atoms with E-state index in [1.807, 2.05) is 6.07 Å². The van der Waals surface area contributed by atoms with Gasteiger partial charge in [-0.25, -0.2) is 4.98 Å². The lowest BCUT2D eigenvalue weighted by atomic mass is 10.3. The molecule has 2 aromatic heterocycles. The van der Waals surface area contributed by atoms with E-state index >= 15 is 0 Å². The molecule has 0 bridgehead atoms. The molecule has 0 aliphatic heterocycles. The Kier molecular flexibility index (Phi) is 1.71. The van der Waals surface area contributed by atoms with E-state index in [4.69, 9.17) is 4.42 Å². The van der Waals surface area contributed by atoms with E-state index in [1.165, 1.54) is 12.8 Å². The zero-order chi connectivity index (χ0) is 10.3. The van der Waals surface area contributed by atoms with E-state index in [9.17, 15) is 4.79 Å². The number of carbonyl (C=O) groups excluding carboxylic acids is 1. The summed E-state index contributed by atoms with van der Waals surface area (Å²) in [6.45, 7) is 0. The van der Waals surface area contributed by atoms with Crippen LogP contribution in [0, 0.1) is 0 Å². The minimum Gasteiger partial charge on any atom is -0.430 e. The topological polar surface area (TPSA) is 68.0 Å². The van der Waals surface area contributed by atoms with Crippen molar-refractivity contribution >= 4 is 23.2 Å². The van der Waals surface area contributed by atoms with Crippen LogP contribution in [-0.2, 0) is 0 Å². The van der Waals surface area contributed by atoms with Crippen molar-refractivity contribution in [3.05, 3.63) is 18.2 Å². The number of hydrogen-bond acceptors (Lipinski definition) is 5. The van der Waals surface area contributed by atoms with Crippen molar-refractivity contribution in [2.45, 2.75) is 18.9 Å². The van der Waals surface area contributed by atoms with Gasteiger partial charge in [0.25, 0.3) is 5.89 Å². The third-order valence-electron chi connectivity index (χ3n) is 2.35. The maximum Gasteiger partial charge on any atom is 0.262 e. The molecule has 0 aromatic carbocycles. The van der Waals surface area contributed by atoms with Crippen LogP contribution in [-0.4, -0.2) is 22.3 Å².